The molecule has 0 aromatic carbocycles. The molecule has 6 rings (SSSR count). The quantitative estimate of drug-likeness (QED) is 0.455. The van der Waals surface area contributed by atoms with E-state index in [4.69, 9.17) is 14.7 Å². The molecule has 0 spiro atoms. The molecule has 1 atom stereocenters. The highest BCUT2D eigenvalue weighted by Crippen LogP contribution is 2.40. The van der Waals surface area contributed by atoms with E-state index in [2.05, 4.69) is 32.2 Å². The fraction of sp³-hybridized carbons (Fsp3) is 0.217. The number of fused-ring (bicyclic) bond motifs is 2. The number of hydrogen-bond acceptors (Lipinski definition) is 7. The number of morpholine rings is 1. The lowest BCUT2D eigenvalue weighted by Gasteiger charge is -2.34. The number of nitrogens with zero attached hydrogens (tertiary/aromatic N) is 5. The molecule has 7 nitrogen and oxygen atoms in total. The zero-order valence-corrected chi connectivity index (χ0v) is 17.8. The van der Waals surface area contributed by atoms with Crippen molar-refractivity contribution in [2.75, 3.05) is 24.7 Å². The third kappa shape index (κ3) is 3.07. The molecule has 0 radical (unpaired) electrons. The predicted octanol–water partition coefficient (Wildman–Crippen LogP) is 4.52. The van der Waals surface area contributed by atoms with Crippen LogP contribution in [0.4, 0.5) is 5.82 Å². The number of thiophene rings is 1. The van der Waals surface area contributed by atoms with Crippen molar-refractivity contribution >= 4 is 38.3 Å². The van der Waals surface area contributed by atoms with Gasteiger partial charge in [-0.25, -0.2) is 9.97 Å². The second-order valence-corrected chi connectivity index (χ2v) is 8.56. The molecule has 8 heteroatoms. The van der Waals surface area contributed by atoms with Crippen LogP contribution < -0.4 is 4.90 Å². The van der Waals surface area contributed by atoms with Gasteiger partial charge in [-0.1, -0.05) is 0 Å². The summed E-state index contributed by atoms with van der Waals surface area (Å²) in [4.78, 5) is 24.3. The lowest BCUT2D eigenvalue weighted by atomic mass is 10.1. The van der Waals surface area contributed by atoms with Gasteiger partial charge in [0.1, 0.15) is 0 Å². The Bertz CT molecular complexity index is 1380. The van der Waals surface area contributed by atoms with Crippen molar-refractivity contribution in [1.29, 1.82) is 0 Å². The summed E-state index contributed by atoms with van der Waals surface area (Å²) in [5, 5.41) is 3.23. The van der Waals surface area contributed by atoms with Crippen LogP contribution in [-0.2, 0) is 4.74 Å². The maximum Gasteiger partial charge on any atom is 0.164 e. The summed E-state index contributed by atoms with van der Waals surface area (Å²) < 4.78 is 6.78. The zero-order valence-electron chi connectivity index (χ0n) is 16.9. The number of ether oxygens (including phenoxy) is 1. The first kappa shape index (κ1) is 18.4. The molecule has 6 heterocycles. The first-order chi connectivity index (χ1) is 15.3. The standard InChI is InChI=1S/C23H20N6OS/c1-14-12-30-9-8-29(14)23-21-20(18(13-31-21)15-2-5-24-6-3-15)27-22(28-23)17-10-25-11-19-16(17)4-7-26-19/h2-7,10-11,13-14,26H,8-9,12H2,1H3/t14-/m1/s1. The van der Waals surface area contributed by atoms with Crippen LogP contribution in [0.2, 0.25) is 0 Å². The van der Waals surface area contributed by atoms with Gasteiger partial charge >= 0.3 is 0 Å². The second-order valence-electron chi connectivity index (χ2n) is 7.68. The number of aromatic amines is 1. The fourth-order valence-corrected chi connectivity index (χ4v) is 5.17. The zero-order chi connectivity index (χ0) is 20.8. The molecule has 154 valence electrons. The normalized spacial score (nSPS) is 16.9. The maximum absolute atomic E-state index is 5.68. The first-order valence-corrected chi connectivity index (χ1v) is 11.1. The summed E-state index contributed by atoms with van der Waals surface area (Å²) in [7, 11) is 0. The number of hydrogen-bond donors (Lipinski definition) is 1. The molecule has 0 aliphatic carbocycles. The van der Waals surface area contributed by atoms with E-state index >= 15 is 0 Å². The Morgan fingerprint density at radius 3 is 2.87 bits per heavy atom. The van der Waals surface area contributed by atoms with Crippen LogP contribution >= 0.6 is 11.3 Å². The lowest BCUT2D eigenvalue weighted by molar-refractivity contribution is 0.0987. The summed E-state index contributed by atoms with van der Waals surface area (Å²) in [6.45, 7) is 4.38. The molecule has 1 fully saturated rings. The van der Waals surface area contributed by atoms with Gasteiger partial charge in [0.25, 0.3) is 0 Å². The molecule has 0 amide bonds. The van der Waals surface area contributed by atoms with Crippen LogP contribution in [0.3, 0.4) is 0 Å². The summed E-state index contributed by atoms with van der Waals surface area (Å²) in [6.07, 6.45) is 9.23. The molecule has 5 aromatic heterocycles. The smallest absolute Gasteiger partial charge is 0.164 e. The van der Waals surface area contributed by atoms with Crippen LogP contribution in [0, 0.1) is 0 Å². The Morgan fingerprint density at radius 1 is 1.10 bits per heavy atom. The highest BCUT2D eigenvalue weighted by atomic mass is 32.1. The van der Waals surface area contributed by atoms with Crippen molar-refractivity contribution in [3.63, 3.8) is 0 Å². The van der Waals surface area contributed by atoms with Gasteiger partial charge in [-0.2, -0.15) is 0 Å². The fourth-order valence-electron chi connectivity index (χ4n) is 4.15. The van der Waals surface area contributed by atoms with Crippen LogP contribution in [0.1, 0.15) is 6.92 Å². The van der Waals surface area contributed by atoms with Crippen molar-refractivity contribution in [2.24, 2.45) is 0 Å². The average molecular weight is 429 g/mol. The summed E-state index contributed by atoms with van der Waals surface area (Å²) in [5.74, 6) is 1.65. The predicted molar refractivity (Wildman–Crippen MR) is 123 cm³/mol. The van der Waals surface area contributed by atoms with E-state index in [1.807, 2.05) is 49.2 Å². The highest BCUT2D eigenvalue weighted by Gasteiger charge is 2.26. The van der Waals surface area contributed by atoms with Gasteiger partial charge in [-0.3, -0.25) is 9.97 Å². The molecule has 0 bridgehead atoms. The van der Waals surface area contributed by atoms with E-state index in [9.17, 15) is 0 Å². The minimum Gasteiger partial charge on any atom is -0.377 e. The van der Waals surface area contributed by atoms with Crippen molar-refractivity contribution < 1.29 is 4.74 Å². The third-order valence-corrected chi connectivity index (χ3v) is 6.71. The molecular formula is C23H20N6OS. The van der Waals surface area contributed by atoms with Crippen molar-refractivity contribution in [3.05, 3.63) is 54.6 Å². The van der Waals surface area contributed by atoms with Gasteiger partial charge in [0.05, 0.1) is 41.2 Å². The molecule has 1 aliphatic heterocycles. The second kappa shape index (κ2) is 7.40. The maximum atomic E-state index is 5.68. The van der Waals surface area contributed by atoms with E-state index in [-0.39, 0.29) is 6.04 Å². The van der Waals surface area contributed by atoms with E-state index in [0.717, 1.165) is 50.2 Å². The van der Waals surface area contributed by atoms with E-state index < -0.39 is 0 Å². The minimum absolute atomic E-state index is 0.243. The van der Waals surface area contributed by atoms with Gasteiger partial charge in [0.15, 0.2) is 11.6 Å². The molecule has 31 heavy (non-hydrogen) atoms. The Morgan fingerprint density at radius 2 is 2.00 bits per heavy atom. The number of rotatable bonds is 3. The summed E-state index contributed by atoms with van der Waals surface area (Å²) in [5.41, 5.74) is 5.06. The van der Waals surface area contributed by atoms with Crippen LogP contribution in [0.15, 0.2) is 54.6 Å². The van der Waals surface area contributed by atoms with Gasteiger partial charge in [0.2, 0.25) is 0 Å². The number of pyridine rings is 2. The molecule has 0 unspecified atom stereocenters. The Balaban J connectivity index is 1.63. The summed E-state index contributed by atoms with van der Waals surface area (Å²) >= 11 is 1.69. The van der Waals surface area contributed by atoms with Gasteiger partial charge in [-0.15, -0.1) is 11.3 Å². The Hall–Kier alpha value is -3.36. The SMILES string of the molecule is C[C@@H]1COCCN1c1nc(-c2cncc3[nH]ccc23)nc2c(-c3ccncc3)csc12. The Kier molecular flexibility index (Phi) is 4.40. The summed E-state index contributed by atoms with van der Waals surface area (Å²) in [6, 6.07) is 6.34. The molecule has 1 aliphatic rings. The van der Waals surface area contributed by atoms with Crippen molar-refractivity contribution in [3.8, 4) is 22.5 Å². The van der Waals surface area contributed by atoms with Gasteiger partial charge < -0.3 is 14.6 Å². The third-order valence-electron chi connectivity index (χ3n) is 5.75. The molecular weight excluding hydrogens is 408 g/mol. The Labute approximate surface area is 182 Å². The monoisotopic (exact) mass is 428 g/mol. The number of anilines is 1. The van der Waals surface area contributed by atoms with E-state index in [1.165, 1.54) is 0 Å². The average Bonchev–Trinajstić information content (AvgIpc) is 3.46. The lowest BCUT2D eigenvalue weighted by Crippen LogP contribution is -2.44. The molecule has 1 N–H and O–H groups in total. The molecule has 1 saturated heterocycles. The first-order valence-electron chi connectivity index (χ1n) is 10.2. The topological polar surface area (TPSA) is 79.8 Å². The molecule has 0 saturated carbocycles. The van der Waals surface area contributed by atoms with E-state index in [1.54, 1.807) is 11.3 Å². The number of nitrogens with one attached hydrogen (secondary N) is 1. The highest BCUT2D eigenvalue weighted by molar-refractivity contribution is 7.18. The number of aromatic nitrogens is 5. The van der Waals surface area contributed by atoms with Crippen molar-refractivity contribution in [1.82, 2.24) is 24.9 Å². The molecule has 5 aromatic rings. The largest absolute Gasteiger partial charge is 0.377 e. The minimum atomic E-state index is 0.243. The van der Waals surface area contributed by atoms with Gasteiger partial charge in [0, 0.05) is 53.2 Å². The van der Waals surface area contributed by atoms with E-state index in [0.29, 0.717) is 19.0 Å². The van der Waals surface area contributed by atoms with Crippen LogP contribution in [0.5, 0.6) is 0 Å². The van der Waals surface area contributed by atoms with Crippen molar-refractivity contribution in [2.45, 2.75) is 13.0 Å². The van der Waals surface area contributed by atoms with Gasteiger partial charge in [-0.05, 0) is 30.7 Å². The van der Waals surface area contributed by atoms with Crippen LogP contribution in [0.25, 0.3) is 43.6 Å². The number of H-pyrrole nitrogens is 1. The van der Waals surface area contributed by atoms with Crippen LogP contribution in [-0.4, -0.2) is 50.7 Å².